The van der Waals surface area contributed by atoms with E-state index in [0.717, 1.165) is 22.3 Å². The van der Waals surface area contributed by atoms with Crippen LogP contribution in [0.15, 0.2) is 72.8 Å². The molecule has 5 heteroatoms. The van der Waals surface area contributed by atoms with Crippen LogP contribution in [0.25, 0.3) is 0 Å². The molecular weight excluding hydrogens is 414 g/mol. The van der Waals surface area contributed by atoms with Gasteiger partial charge in [-0.05, 0) is 41.3 Å². The molecule has 1 aliphatic heterocycles. The van der Waals surface area contributed by atoms with Crippen molar-refractivity contribution in [2.24, 2.45) is 11.8 Å². The van der Waals surface area contributed by atoms with Gasteiger partial charge in [-0.25, -0.2) is 9.69 Å². The Morgan fingerprint density at radius 3 is 2.09 bits per heavy atom. The van der Waals surface area contributed by atoms with Crippen molar-refractivity contribution in [2.45, 2.75) is 25.2 Å². The summed E-state index contributed by atoms with van der Waals surface area (Å²) < 4.78 is 5.20. The van der Waals surface area contributed by atoms with Gasteiger partial charge in [0.1, 0.15) is 0 Å². The lowest BCUT2D eigenvalue weighted by atomic mass is 9.48. The topological polar surface area (TPSA) is 63.7 Å². The average molecular weight is 437 g/mol. The quantitative estimate of drug-likeness (QED) is 0.449. The first-order chi connectivity index (χ1) is 16.0. The summed E-state index contributed by atoms with van der Waals surface area (Å²) in [5, 5.41) is 0. The molecule has 1 fully saturated rings. The Morgan fingerprint density at radius 1 is 0.879 bits per heavy atom. The number of ether oxygens (including phenoxy) is 1. The zero-order valence-electron chi connectivity index (χ0n) is 18.4. The predicted molar refractivity (Wildman–Crippen MR) is 123 cm³/mol. The minimum absolute atomic E-state index is 0.194. The molecule has 3 aliphatic carbocycles. The number of imide groups is 1. The van der Waals surface area contributed by atoms with Crippen LogP contribution in [0.1, 0.15) is 52.4 Å². The number of anilines is 1. The number of nitrogens with zero attached hydrogens (tertiary/aromatic N) is 1. The SMILES string of the molecule is CCOC(=O)c1ccccc1N1C(=O)C2C3c4ccccc4C(C)(c4ccccc43)C2C1=O. The number of amides is 2. The monoisotopic (exact) mass is 437 g/mol. The second-order valence-corrected chi connectivity index (χ2v) is 9.11. The summed E-state index contributed by atoms with van der Waals surface area (Å²) >= 11 is 0. The molecule has 2 atom stereocenters. The van der Waals surface area contributed by atoms with E-state index in [2.05, 4.69) is 31.2 Å². The number of rotatable bonds is 3. The van der Waals surface area contributed by atoms with E-state index < -0.39 is 23.2 Å². The Labute approximate surface area is 192 Å². The van der Waals surface area contributed by atoms with Crippen LogP contribution >= 0.6 is 0 Å². The second-order valence-electron chi connectivity index (χ2n) is 9.11. The van der Waals surface area contributed by atoms with Crippen LogP contribution in [-0.2, 0) is 19.7 Å². The van der Waals surface area contributed by atoms with Crippen LogP contribution in [0.2, 0.25) is 0 Å². The summed E-state index contributed by atoms with van der Waals surface area (Å²) in [6, 6.07) is 23.0. The molecule has 3 aromatic rings. The van der Waals surface area contributed by atoms with Gasteiger partial charge in [-0.2, -0.15) is 0 Å². The van der Waals surface area contributed by atoms with Gasteiger partial charge >= 0.3 is 5.97 Å². The lowest BCUT2D eigenvalue weighted by Crippen LogP contribution is -2.51. The third-order valence-electron chi connectivity index (χ3n) is 7.68. The van der Waals surface area contributed by atoms with E-state index in [1.165, 1.54) is 4.90 Å². The number of benzene rings is 3. The van der Waals surface area contributed by atoms with Gasteiger partial charge < -0.3 is 4.74 Å². The molecule has 2 amide bonds. The van der Waals surface area contributed by atoms with Gasteiger partial charge in [0, 0.05) is 11.3 Å². The number of hydrogen-bond acceptors (Lipinski definition) is 4. The second kappa shape index (κ2) is 6.88. The Bertz CT molecular complexity index is 1300. The molecule has 0 aromatic heterocycles. The molecule has 0 saturated carbocycles. The predicted octanol–water partition coefficient (Wildman–Crippen LogP) is 4.43. The van der Waals surface area contributed by atoms with Crippen molar-refractivity contribution in [1.82, 2.24) is 0 Å². The first-order valence-corrected chi connectivity index (χ1v) is 11.3. The molecule has 2 unspecified atom stereocenters. The summed E-state index contributed by atoms with van der Waals surface area (Å²) in [6.45, 7) is 4.03. The van der Waals surface area contributed by atoms with Crippen molar-refractivity contribution in [3.05, 3.63) is 101 Å². The molecule has 4 aliphatic rings. The Kier molecular flexibility index (Phi) is 4.15. The fourth-order valence-electron chi connectivity index (χ4n) is 6.44. The smallest absolute Gasteiger partial charge is 0.340 e. The molecule has 0 spiro atoms. The van der Waals surface area contributed by atoms with Crippen molar-refractivity contribution < 1.29 is 19.1 Å². The largest absolute Gasteiger partial charge is 0.462 e. The summed E-state index contributed by atoms with van der Waals surface area (Å²) in [5.74, 6) is -2.28. The maximum Gasteiger partial charge on any atom is 0.340 e. The van der Waals surface area contributed by atoms with Crippen LogP contribution in [0.4, 0.5) is 5.69 Å². The van der Waals surface area contributed by atoms with E-state index in [0.29, 0.717) is 5.69 Å². The van der Waals surface area contributed by atoms with Gasteiger partial charge in [0.05, 0.1) is 29.7 Å². The summed E-state index contributed by atoms with van der Waals surface area (Å²) in [5.41, 5.74) is 4.34. The van der Waals surface area contributed by atoms with Crippen LogP contribution < -0.4 is 4.90 Å². The standard InChI is InChI=1S/C28H23NO4/c1-3-33-27(32)18-12-6-9-15-21(18)29-25(30)23-22-16-10-4-7-13-19(16)28(2,24(23)26(29)31)20-14-8-5-11-17(20)22/h4-15,22-24H,3H2,1-2H3. The maximum atomic E-state index is 14.1. The zero-order chi connectivity index (χ0) is 22.9. The molecule has 7 rings (SSSR count). The van der Waals surface area contributed by atoms with Gasteiger partial charge in [-0.15, -0.1) is 0 Å². The summed E-state index contributed by atoms with van der Waals surface area (Å²) in [6.07, 6.45) is 0. The highest BCUT2D eigenvalue weighted by atomic mass is 16.5. The molecule has 0 N–H and O–H groups in total. The molecule has 33 heavy (non-hydrogen) atoms. The van der Waals surface area contributed by atoms with Gasteiger partial charge in [0.25, 0.3) is 0 Å². The van der Waals surface area contributed by atoms with Gasteiger partial charge in [-0.1, -0.05) is 67.6 Å². The molecule has 1 saturated heterocycles. The molecule has 1 heterocycles. The normalized spacial score (nSPS) is 26.6. The van der Waals surface area contributed by atoms with Crippen molar-refractivity contribution in [1.29, 1.82) is 0 Å². The van der Waals surface area contributed by atoms with Crippen LogP contribution in [0, 0.1) is 11.8 Å². The van der Waals surface area contributed by atoms with Crippen LogP contribution in [0.5, 0.6) is 0 Å². The highest BCUT2D eigenvalue weighted by Crippen LogP contribution is 2.64. The van der Waals surface area contributed by atoms with Crippen molar-refractivity contribution in [3.8, 4) is 0 Å². The van der Waals surface area contributed by atoms with Crippen molar-refractivity contribution in [2.75, 3.05) is 11.5 Å². The average Bonchev–Trinajstić information content (AvgIpc) is 3.11. The first kappa shape index (κ1) is 19.9. The van der Waals surface area contributed by atoms with Gasteiger partial charge in [0.15, 0.2) is 0 Å². The lowest BCUT2D eigenvalue weighted by Gasteiger charge is -2.52. The Morgan fingerprint density at radius 2 is 1.45 bits per heavy atom. The van der Waals surface area contributed by atoms with E-state index in [4.69, 9.17) is 4.74 Å². The number of esters is 1. The molecule has 2 bridgehead atoms. The van der Waals surface area contributed by atoms with Crippen LogP contribution in [-0.4, -0.2) is 24.4 Å². The zero-order valence-corrected chi connectivity index (χ0v) is 18.4. The van der Waals surface area contributed by atoms with Crippen molar-refractivity contribution >= 4 is 23.5 Å². The highest BCUT2D eigenvalue weighted by Gasteiger charge is 2.66. The minimum atomic E-state index is -0.632. The maximum absolute atomic E-state index is 14.1. The molecule has 3 aromatic carbocycles. The third kappa shape index (κ3) is 2.39. The number of carbonyl (C=O) groups excluding carboxylic acids is 3. The molecule has 5 nitrogen and oxygen atoms in total. The Balaban J connectivity index is 1.56. The molecular formula is C28H23NO4. The Hall–Kier alpha value is -3.73. The number of para-hydroxylation sites is 1. The van der Waals surface area contributed by atoms with E-state index in [1.807, 2.05) is 24.3 Å². The van der Waals surface area contributed by atoms with Gasteiger partial charge in [-0.3, -0.25) is 9.59 Å². The van der Waals surface area contributed by atoms with Gasteiger partial charge in [0.2, 0.25) is 11.8 Å². The molecule has 0 radical (unpaired) electrons. The molecule has 164 valence electrons. The fraction of sp³-hybridized carbons (Fsp3) is 0.250. The number of hydrogen-bond donors (Lipinski definition) is 0. The third-order valence-corrected chi connectivity index (χ3v) is 7.68. The fourth-order valence-corrected chi connectivity index (χ4v) is 6.44. The lowest BCUT2D eigenvalue weighted by molar-refractivity contribution is -0.123. The summed E-state index contributed by atoms with van der Waals surface area (Å²) in [4.78, 5) is 41.9. The minimum Gasteiger partial charge on any atom is -0.462 e. The van der Waals surface area contributed by atoms with E-state index in [-0.39, 0.29) is 29.9 Å². The highest BCUT2D eigenvalue weighted by molar-refractivity contribution is 6.25. The number of carbonyl (C=O) groups is 3. The summed E-state index contributed by atoms with van der Waals surface area (Å²) in [7, 11) is 0. The van der Waals surface area contributed by atoms with Crippen molar-refractivity contribution in [3.63, 3.8) is 0 Å². The first-order valence-electron chi connectivity index (χ1n) is 11.3. The van der Waals surface area contributed by atoms with E-state index >= 15 is 0 Å². The van der Waals surface area contributed by atoms with E-state index in [9.17, 15) is 14.4 Å². The van der Waals surface area contributed by atoms with E-state index in [1.54, 1.807) is 31.2 Å². The van der Waals surface area contributed by atoms with Crippen LogP contribution in [0.3, 0.4) is 0 Å².